The first kappa shape index (κ1) is 14.5. The molecule has 1 saturated heterocycles. The van der Waals surface area contributed by atoms with Crippen LogP contribution < -0.4 is 5.32 Å². The van der Waals surface area contributed by atoms with E-state index in [0.29, 0.717) is 13.2 Å². The van der Waals surface area contributed by atoms with Crippen LogP contribution in [-0.4, -0.2) is 44.7 Å². The van der Waals surface area contributed by atoms with Crippen molar-refractivity contribution in [2.45, 2.75) is 24.5 Å². The van der Waals surface area contributed by atoms with Crippen molar-refractivity contribution in [3.8, 4) is 0 Å². The fourth-order valence-electron chi connectivity index (χ4n) is 2.41. The average Bonchev–Trinajstić information content (AvgIpc) is 2.98. The average molecular weight is 265 g/mol. The second-order valence-electron chi connectivity index (χ2n) is 5.01. The highest BCUT2D eigenvalue weighted by Crippen LogP contribution is 2.21. The van der Waals surface area contributed by atoms with Crippen LogP contribution in [0, 0.1) is 0 Å². The van der Waals surface area contributed by atoms with Crippen LogP contribution in [0.5, 0.6) is 0 Å². The molecule has 1 heterocycles. The molecule has 0 aromatic heterocycles. The standard InChI is InChI=1S/C15H23NO3/c1-16-15(11-17,13-6-3-2-4-7-13)12-18-10-14-8-5-9-19-14/h2-4,6-7,14,16-17H,5,8-12H2,1H3. The van der Waals surface area contributed by atoms with E-state index in [1.54, 1.807) is 0 Å². The SMILES string of the molecule is CNC(CO)(COCC1CCCO1)c1ccccc1. The lowest BCUT2D eigenvalue weighted by atomic mass is 9.92. The highest BCUT2D eigenvalue weighted by Gasteiger charge is 2.30. The summed E-state index contributed by atoms with van der Waals surface area (Å²) in [5, 5.41) is 12.9. The van der Waals surface area contributed by atoms with Gasteiger partial charge in [0.05, 0.1) is 31.5 Å². The number of aliphatic hydroxyl groups excluding tert-OH is 1. The Morgan fingerprint density at radius 3 is 2.79 bits per heavy atom. The molecule has 2 N–H and O–H groups in total. The Kier molecular flexibility index (Phi) is 5.34. The minimum Gasteiger partial charge on any atom is -0.394 e. The van der Waals surface area contributed by atoms with Gasteiger partial charge in [0, 0.05) is 6.61 Å². The van der Waals surface area contributed by atoms with E-state index >= 15 is 0 Å². The molecule has 2 unspecified atom stereocenters. The monoisotopic (exact) mass is 265 g/mol. The van der Waals surface area contributed by atoms with Gasteiger partial charge in [0.15, 0.2) is 0 Å². The molecule has 4 heteroatoms. The van der Waals surface area contributed by atoms with Crippen molar-refractivity contribution in [2.75, 3.05) is 33.5 Å². The molecule has 0 aliphatic carbocycles. The van der Waals surface area contributed by atoms with Crippen molar-refractivity contribution in [1.82, 2.24) is 5.32 Å². The summed E-state index contributed by atoms with van der Waals surface area (Å²) in [5.74, 6) is 0. The molecule has 0 amide bonds. The van der Waals surface area contributed by atoms with E-state index in [9.17, 15) is 5.11 Å². The van der Waals surface area contributed by atoms with Gasteiger partial charge in [0.1, 0.15) is 0 Å². The molecule has 1 aliphatic rings. The van der Waals surface area contributed by atoms with E-state index in [0.717, 1.165) is 25.0 Å². The van der Waals surface area contributed by atoms with E-state index in [-0.39, 0.29) is 12.7 Å². The smallest absolute Gasteiger partial charge is 0.0903 e. The van der Waals surface area contributed by atoms with Crippen LogP contribution in [0.2, 0.25) is 0 Å². The van der Waals surface area contributed by atoms with Crippen molar-refractivity contribution >= 4 is 0 Å². The van der Waals surface area contributed by atoms with Gasteiger partial charge in [-0.05, 0) is 25.5 Å². The summed E-state index contributed by atoms with van der Waals surface area (Å²) in [7, 11) is 1.85. The lowest BCUT2D eigenvalue weighted by molar-refractivity contribution is -0.0173. The molecule has 106 valence electrons. The molecule has 1 aromatic rings. The van der Waals surface area contributed by atoms with Crippen molar-refractivity contribution < 1.29 is 14.6 Å². The van der Waals surface area contributed by atoms with Crippen LogP contribution >= 0.6 is 0 Å². The summed E-state index contributed by atoms with van der Waals surface area (Å²) in [6, 6.07) is 9.91. The Labute approximate surface area is 114 Å². The highest BCUT2D eigenvalue weighted by molar-refractivity contribution is 5.24. The van der Waals surface area contributed by atoms with Gasteiger partial charge in [-0.25, -0.2) is 0 Å². The van der Waals surface area contributed by atoms with E-state index in [1.165, 1.54) is 0 Å². The first-order chi connectivity index (χ1) is 9.30. The van der Waals surface area contributed by atoms with E-state index in [1.807, 2.05) is 37.4 Å². The van der Waals surface area contributed by atoms with Crippen LogP contribution in [0.25, 0.3) is 0 Å². The minimum absolute atomic E-state index is 0.000955. The van der Waals surface area contributed by atoms with E-state index in [4.69, 9.17) is 9.47 Å². The number of likely N-dealkylation sites (N-methyl/N-ethyl adjacent to an activating group) is 1. The molecule has 0 saturated carbocycles. The maximum atomic E-state index is 9.75. The summed E-state index contributed by atoms with van der Waals surface area (Å²) >= 11 is 0. The minimum atomic E-state index is -0.542. The summed E-state index contributed by atoms with van der Waals surface area (Å²) in [5.41, 5.74) is 0.493. The van der Waals surface area contributed by atoms with Crippen LogP contribution in [-0.2, 0) is 15.0 Å². The zero-order chi connectivity index (χ0) is 13.6. The molecule has 2 atom stereocenters. The van der Waals surface area contributed by atoms with Gasteiger partial charge in [-0.1, -0.05) is 30.3 Å². The quantitative estimate of drug-likeness (QED) is 0.780. The lowest BCUT2D eigenvalue weighted by Crippen LogP contribution is -2.48. The topological polar surface area (TPSA) is 50.7 Å². The predicted octanol–water partition coefficient (Wildman–Crippen LogP) is 1.29. The summed E-state index contributed by atoms with van der Waals surface area (Å²) in [4.78, 5) is 0. The van der Waals surface area contributed by atoms with Gasteiger partial charge in [0.2, 0.25) is 0 Å². The Morgan fingerprint density at radius 2 is 2.21 bits per heavy atom. The third-order valence-corrected chi connectivity index (χ3v) is 3.75. The molecule has 0 spiro atoms. The molecule has 4 nitrogen and oxygen atoms in total. The summed E-state index contributed by atoms with van der Waals surface area (Å²) in [6.45, 7) is 1.86. The van der Waals surface area contributed by atoms with Gasteiger partial charge in [-0.3, -0.25) is 0 Å². The van der Waals surface area contributed by atoms with Crippen molar-refractivity contribution in [1.29, 1.82) is 0 Å². The molecular formula is C15H23NO3. The van der Waals surface area contributed by atoms with Crippen molar-refractivity contribution in [3.05, 3.63) is 35.9 Å². The second kappa shape index (κ2) is 7.01. The molecule has 1 aromatic carbocycles. The number of aliphatic hydroxyl groups is 1. The number of rotatable bonds is 7. The molecule has 1 aliphatic heterocycles. The zero-order valence-corrected chi connectivity index (χ0v) is 11.5. The molecule has 2 rings (SSSR count). The molecule has 0 radical (unpaired) electrons. The number of hydrogen-bond donors (Lipinski definition) is 2. The van der Waals surface area contributed by atoms with Crippen LogP contribution in [0.1, 0.15) is 18.4 Å². The van der Waals surface area contributed by atoms with Gasteiger partial charge in [-0.2, -0.15) is 0 Å². The number of nitrogens with one attached hydrogen (secondary N) is 1. The maximum absolute atomic E-state index is 9.75. The summed E-state index contributed by atoms with van der Waals surface area (Å²) < 4.78 is 11.3. The third kappa shape index (κ3) is 3.54. The second-order valence-corrected chi connectivity index (χ2v) is 5.01. The largest absolute Gasteiger partial charge is 0.394 e. The van der Waals surface area contributed by atoms with Crippen molar-refractivity contribution in [2.24, 2.45) is 0 Å². The first-order valence-corrected chi connectivity index (χ1v) is 6.85. The van der Waals surface area contributed by atoms with E-state index in [2.05, 4.69) is 5.32 Å². The number of benzene rings is 1. The van der Waals surface area contributed by atoms with Crippen LogP contribution in [0.4, 0.5) is 0 Å². The zero-order valence-electron chi connectivity index (χ0n) is 11.5. The molecule has 19 heavy (non-hydrogen) atoms. The fourth-order valence-corrected chi connectivity index (χ4v) is 2.41. The Hall–Kier alpha value is -0.940. The number of hydrogen-bond acceptors (Lipinski definition) is 4. The Bertz CT molecular complexity index is 359. The Balaban J connectivity index is 1.95. The number of ether oxygens (including phenoxy) is 2. The van der Waals surface area contributed by atoms with Crippen molar-refractivity contribution in [3.63, 3.8) is 0 Å². The normalized spacial score (nSPS) is 22.3. The van der Waals surface area contributed by atoms with Crippen LogP contribution in [0.3, 0.4) is 0 Å². The molecule has 1 fully saturated rings. The third-order valence-electron chi connectivity index (χ3n) is 3.75. The lowest BCUT2D eigenvalue weighted by Gasteiger charge is -2.32. The summed E-state index contributed by atoms with van der Waals surface area (Å²) in [6.07, 6.45) is 2.39. The maximum Gasteiger partial charge on any atom is 0.0903 e. The van der Waals surface area contributed by atoms with Gasteiger partial charge in [-0.15, -0.1) is 0 Å². The fraction of sp³-hybridized carbons (Fsp3) is 0.600. The van der Waals surface area contributed by atoms with Gasteiger partial charge < -0.3 is 19.9 Å². The highest BCUT2D eigenvalue weighted by atomic mass is 16.5. The molecule has 0 bridgehead atoms. The van der Waals surface area contributed by atoms with Crippen LogP contribution in [0.15, 0.2) is 30.3 Å². The van der Waals surface area contributed by atoms with Gasteiger partial charge >= 0.3 is 0 Å². The molecular weight excluding hydrogens is 242 g/mol. The predicted molar refractivity (Wildman–Crippen MR) is 74.1 cm³/mol. The van der Waals surface area contributed by atoms with E-state index < -0.39 is 5.54 Å². The Morgan fingerprint density at radius 1 is 1.42 bits per heavy atom. The van der Waals surface area contributed by atoms with Gasteiger partial charge in [0.25, 0.3) is 0 Å². The first-order valence-electron chi connectivity index (χ1n) is 6.85.